The number of aromatic nitrogens is 1. The molecule has 0 radical (unpaired) electrons. The third-order valence-electron chi connectivity index (χ3n) is 2.85. The van der Waals surface area contributed by atoms with Gasteiger partial charge in [-0.25, -0.2) is 9.78 Å². The van der Waals surface area contributed by atoms with E-state index in [-0.39, 0.29) is 12.0 Å². The summed E-state index contributed by atoms with van der Waals surface area (Å²) < 4.78 is 4.85. The number of anilines is 2. The molecular weight excluding hydrogens is 254 g/mol. The van der Waals surface area contributed by atoms with Crippen LogP contribution in [0.1, 0.15) is 33.6 Å². The number of pyridine rings is 1. The molecule has 0 saturated heterocycles. The van der Waals surface area contributed by atoms with Gasteiger partial charge in [-0.3, -0.25) is 0 Å². The van der Waals surface area contributed by atoms with Crippen molar-refractivity contribution in [2.45, 2.75) is 39.7 Å². The lowest BCUT2D eigenvalue weighted by Gasteiger charge is -2.19. The Hall–Kier alpha value is -1.78. The van der Waals surface area contributed by atoms with E-state index in [1.165, 1.54) is 7.11 Å². The van der Waals surface area contributed by atoms with Crippen molar-refractivity contribution in [2.75, 3.05) is 24.3 Å². The highest BCUT2D eigenvalue weighted by atomic mass is 16.5. The SMILES string of the molecule is CCCNc1cc(NC(CC(C)C)C(=O)OC)ccn1. The monoisotopic (exact) mass is 279 g/mol. The molecule has 0 amide bonds. The zero-order valence-electron chi connectivity index (χ0n) is 12.8. The van der Waals surface area contributed by atoms with Crippen LogP contribution in [0.4, 0.5) is 11.5 Å². The van der Waals surface area contributed by atoms with Crippen LogP contribution < -0.4 is 10.6 Å². The summed E-state index contributed by atoms with van der Waals surface area (Å²) in [5.74, 6) is 0.981. The molecule has 0 aliphatic carbocycles. The third-order valence-corrected chi connectivity index (χ3v) is 2.85. The number of carbonyl (C=O) groups is 1. The van der Waals surface area contributed by atoms with E-state index in [2.05, 4.69) is 36.4 Å². The fourth-order valence-corrected chi connectivity index (χ4v) is 1.90. The number of rotatable bonds is 8. The molecule has 1 aromatic rings. The minimum absolute atomic E-state index is 0.237. The normalized spacial score (nSPS) is 12.1. The highest BCUT2D eigenvalue weighted by Crippen LogP contribution is 2.16. The van der Waals surface area contributed by atoms with E-state index < -0.39 is 0 Å². The fraction of sp³-hybridized carbons (Fsp3) is 0.600. The van der Waals surface area contributed by atoms with Gasteiger partial charge in [0.2, 0.25) is 0 Å². The van der Waals surface area contributed by atoms with Gasteiger partial charge >= 0.3 is 5.97 Å². The van der Waals surface area contributed by atoms with Crippen LogP contribution in [-0.4, -0.2) is 30.6 Å². The van der Waals surface area contributed by atoms with Gasteiger partial charge in [0, 0.05) is 24.5 Å². The predicted octanol–water partition coefficient (Wildman–Crippen LogP) is 2.90. The van der Waals surface area contributed by atoms with Crippen molar-refractivity contribution in [3.05, 3.63) is 18.3 Å². The van der Waals surface area contributed by atoms with Crippen molar-refractivity contribution >= 4 is 17.5 Å². The number of carbonyl (C=O) groups excluding carboxylic acids is 1. The number of nitrogens with one attached hydrogen (secondary N) is 2. The first-order valence-corrected chi connectivity index (χ1v) is 7.11. The van der Waals surface area contributed by atoms with Crippen LogP contribution in [0, 0.1) is 5.92 Å². The molecule has 112 valence electrons. The summed E-state index contributed by atoms with van der Waals surface area (Å²) in [5.41, 5.74) is 0.870. The Labute approximate surface area is 121 Å². The molecule has 0 fully saturated rings. The molecule has 1 rings (SSSR count). The molecule has 0 bridgehead atoms. The summed E-state index contributed by atoms with van der Waals surface area (Å²) in [5, 5.41) is 6.45. The van der Waals surface area contributed by atoms with Gasteiger partial charge in [0.05, 0.1) is 7.11 Å². The van der Waals surface area contributed by atoms with Crippen molar-refractivity contribution in [3.8, 4) is 0 Å². The van der Waals surface area contributed by atoms with Gasteiger partial charge in [-0.05, 0) is 24.8 Å². The number of esters is 1. The van der Waals surface area contributed by atoms with Gasteiger partial charge in [0.15, 0.2) is 0 Å². The molecule has 5 nitrogen and oxygen atoms in total. The molecule has 0 aromatic carbocycles. The van der Waals surface area contributed by atoms with E-state index in [4.69, 9.17) is 4.74 Å². The Balaban J connectivity index is 2.74. The van der Waals surface area contributed by atoms with Crippen molar-refractivity contribution < 1.29 is 9.53 Å². The van der Waals surface area contributed by atoms with Gasteiger partial charge in [-0.2, -0.15) is 0 Å². The van der Waals surface area contributed by atoms with Gasteiger partial charge < -0.3 is 15.4 Å². The first kappa shape index (κ1) is 16.3. The standard InChI is InChI=1S/C15H25N3O2/c1-5-7-16-14-10-12(6-8-17-14)18-13(9-11(2)3)15(19)20-4/h6,8,10-11,13H,5,7,9H2,1-4H3,(H2,16,17,18). The molecule has 20 heavy (non-hydrogen) atoms. The van der Waals surface area contributed by atoms with E-state index in [0.717, 1.165) is 30.9 Å². The average molecular weight is 279 g/mol. The highest BCUT2D eigenvalue weighted by Gasteiger charge is 2.20. The fourth-order valence-electron chi connectivity index (χ4n) is 1.90. The second-order valence-electron chi connectivity index (χ2n) is 5.21. The van der Waals surface area contributed by atoms with Crippen LogP contribution in [0.3, 0.4) is 0 Å². The van der Waals surface area contributed by atoms with E-state index in [1.54, 1.807) is 6.20 Å². The lowest BCUT2D eigenvalue weighted by atomic mass is 10.0. The Bertz CT molecular complexity index is 421. The third kappa shape index (κ3) is 5.47. The molecule has 0 saturated carbocycles. The lowest BCUT2D eigenvalue weighted by molar-refractivity contribution is -0.141. The second kappa shape index (κ2) is 8.40. The van der Waals surface area contributed by atoms with E-state index in [1.807, 2.05) is 12.1 Å². The number of nitrogens with zero attached hydrogens (tertiary/aromatic N) is 1. The van der Waals surface area contributed by atoms with Crippen LogP contribution in [0.25, 0.3) is 0 Å². The molecule has 1 aromatic heterocycles. The first-order valence-electron chi connectivity index (χ1n) is 7.11. The molecule has 1 heterocycles. The summed E-state index contributed by atoms with van der Waals surface area (Å²) >= 11 is 0. The maximum Gasteiger partial charge on any atom is 0.328 e. The topological polar surface area (TPSA) is 63.2 Å². The van der Waals surface area contributed by atoms with Crippen LogP contribution in [0.15, 0.2) is 18.3 Å². The summed E-state index contributed by atoms with van der Waals surface area (Å²) in [7, 11) is 1.41. The van der Waals surface area contributed by atoms with Crippen LogP contribution in [0.5, 0.6) is 0 Å². The Kier molecular flexibility index (Phi) is 6.84. The zero-order chi connectivity index (χ0) is 15.0. The van der Waals surface area contributed by atoms with Crippen molar-refractivity contribution in [3.63, 3.8) is 0 Å². The number of hydrogen-bond acceptors (Lipinski definition) is 5. The number of hydrogen-bond donors (Lipinski definition) is 2. The Morgan fingerprint density at radius 1 is 1.45 bits per heavy atom. The predicted molar refractivity (Wildman–Crippen MR) is 81.9 cm³/mol. The van der Waals surface area contributed by atoms with Gasteiger partial charge in [-0.15, -0.1) is 0 Å². The van der Waals surface area contributed by atoms with Crippen LogP contribution in [0.2, 0.25) is 0 Å². The first-order chi connectivity index (χ1) is 9.56. The maximum atomic E-state index is 11.8. The minimum atomic E-state index is -0.332. The summed E-state index contributed by atoms with van der Waals surface area (Å²) in [6.07, 6.45) is 3.49. The van der Waals surface area contributed by atoms with Crippen LogP contribution >= 0.6 is 0 Å². The van der Waals surface area contributed by atoms with E-state index in [9.17, 15) is 4.79 Å². The van der Waals surface area contributed by atoms with Gasteiger partial charge in [0.1, 0.15) is 11.9 Å². The summed E-state index contributed by atoms with van der Waals surface area (Å²) in [4.78, 5) is 16.0. The second-order valence-corrected chi connectivity index (χ2v) is 5.21. The van der Waals surface area contributed by atoms with Crippen molar-refractivity contribution in [1.82, 2.24) is 4.98 Å². The molecule has 1 atom stereocenters. The van der Waals surface area contributed by atoms with Crippen molar-refractivity contribution in [1.29, 1.82) is 0 Å². The molecule has 0 aliphatic heterocycles. The minimum Gasteiger partial charge on any atom is -0.467 e. The molecular formula is C15H25N3O2. The van der Waals surface area contributed by atoms with Gasteiger partial charge in [0.25, 0.3) is 0 Å². The smallest absolute Gasteiger partial charge is 0.328 e. The highest BCUT2D eigenvalue weighted by molar-refractivity contribution is 5.79. The quantitative estimate of drug-likeness (QED) is 0.716. The Morgan fingerprint density at radius 2 is 2.20 bits per heavy atom. The number of ether oxygens (including phenoxy) is 1. The number of methoxy groups -OCH3 is 1. The molecule has 1 unspecified atom stereocenters. The summed E-state index contributed by atoms with van der Waals surface area (Å²) in [6, 6.07) is 3.43. The van der Waals surface area contributed by atoms with Crippen LogP contribution in [-0.2, 0) is 9.53 Å². The lowest BCUT2D eigenvalue weighted by Crippen LogP contribution is -2.32. The average Bonchev–Trinajstić information content (AvgIpc) is 2.43. The molecule has 5 heteroatoms. The van der Waals surface area contributed by atoms with Gasteiger partial charge in [-0.1, -0.05) is 20.8 Å². The van der Waals surface area contributed by atoms with Crippen molar-refractivity contribution in [2.24, 2.45) is 5.92 Å². The maximum absolute atomic E-state index is 11.8. The molecule has 0 spiro atoms. The molecule has 0 aliphatic rings. The van der Waals surface area contributed by atoms with E-state index in [0.29, 0.717) is 5.92 Å². The molecule has 2 N–H and O–H groups in total. The zero-order valence-corrected chi connectivity index (χ0v) is 12.8. The summed E-state index contributed by atoms with van der Waals surface area (Å²) in [6.45, 7) is 7.14. The van der Waals surface area contributed by atoms with E-state index >= 15 is 0 Å². The largest absolute Gasteiger partial charge is 0.467 e. The Morgan fingerprint density at radius 3 is 2.80 bits per heavy atom.